The Labute approximate surface area is 122 Å². The number of ether oxygens (including phenoxy) is 2. The Balaban J connectivity index is 2.87. The van der Waals surface area contributed by atoms with Gasteiger partial charge in [-0.2, -0.15) is 0 Å². The van der Waals surface area contributed by atoms with Crippen LogP contribution >= 0.6 is 0 Å². The molecule has 0 aliphatic carbocycles. The fraction of sp³-hybridized carbons (Fsp3) is 0.625. The molecule has 114 valence electrons. The summed E-state index contributed by atoms with van der Waals surface area (Å²) in [6, 6.07) is 5.86. The molecule has 0 aromatic heterocycles. The molecule has 0 atom stereocenters. The zero-order valence-electron chi connectivity index (χ0n) is 13.1. The Morgan fingerprint density at radius 1 is 1.20 bits per heavy atom. The van der Waals surface area contributed by atoms with Crippen molar-refractivity contribution in [2.75, 3.05) is 27.4 Å². The average molecular weight is 281 g/mol. The van der Waals surface area contributed by atoms with Crippen LogP contribution < -0.4 is 4.74 Å². The molecule has 0 fully saturated rings. The third-order valence-corrected chi connectivity index (χ3v) is 3.70. The van der Waals surface area contributed by atoms with Gasteiger partial charge in [-0.05, 0) is 31.0 Å². The first kappa shape index (κ1) is 16.8. The number of rotatable bonds is 9. The van der Waals surface area contributed by atoms with Crippen LogP contribution in [0.4, 0.5) is 0 Å². The Morgan fingerprint density at radius 2 is 1.90 bits per heavy atom. The quantitative estimate of drug-likeness (QED) is 0.755. The molecule has 0 unspecified atom stereocenters. The van der Waals surface area contributed by atoms with E-state index in [2.05, 4.69) is 18.7 Å². The molecule has 1 rings (SSSR count). The first-order chi connectivity index (χ1) is 9.65. The van der Waals surface area contributed by atoms with Gasteiger partial charge in [0.05, 0.1) is 13.7 Å². The number of phenols is 1. The van der Waals surface area contributed by atoms with Crippen molar-refractivity contribution < 1.29 is 14.6 Å². The van der Waals surface area contributed by atoms with Gasteiger partial charge in [0, 0.05) is 31.8 Å². The lowest BCUT2D eigenvalue weighted by atomic mass is 10.1. The van der Waals surface area contributed by atoms with Crippen LogP contribution in [0.3, 0.4) is 0 Å². The van der Waals surface area contributed by atoms with Crippen LogP contribution in [0.15, 0.2) is 18.2 Å². The van der Waals surface area contributed by atoms with E-state index < -0.39 is 0 Å². The summed E-state index contributed by atoms with van der Waals surface area (Å²) < 4.78 is 10.4. The summed E-state index contributed by atoms with van der Waals surface area (Å²) in [7, 11) is 3.35. The number of hydrogen-bond acceptors (Lipinski definition) is 4. The highest BCUT2D eigenvalue weighted by atomic mass is 16.5. The highest BCUT2D eigenvalue weighted by Gasteiger charge is 2.17. The molecule has 0 saturated heterocycles. The summed E-state index contributed by atoms with van der Waals surface area (Å²) in [4.78, 5) is 2.36. The third kappa shape index (κ3) is 4.69. The van der Waals surface area contributed by atoms with Gasteiger partial charge in [-0.3, -0.25) is 4.90 Å². The fourth-order valence-electron chi connectivity index (χ4n) is 2.44. The molecule has 20 heavy (non-hydrogen) atoms. The van der Waals surface area contributed by atoms with Gasteiger partial charge in [0.25, 0.3) is 0 Å². The van der Waals surface area contributed by atoms with Crippen molar-refractivity contribution in [3.8, 4) is 11.5 Å². The van der Waals surface area contributed by atoms with Crippen molar-refractivity contribution in [2.24, 2.45) is 0 Å². The second-order valence-electron chi connectivity index (χ2n) is 4.93. The minimum Gasteiger partial charge on any atom is -0.508 e. The monoisotopic (exact) mass is 281 g/mol. The van der Waals surface area contributed by atoms with Gasteiger partial charge < -0.3 is 14.6 Å². The van der Waals surface area contributed by atoms with Gasteiger partial charge in [-0.15, -0.1) is 0 Å². The van der Waals surface area contributed by atoms with Crippen molar-refractivity contribution in [3.05, 3.63) is 23.8 Å². The molecule has 0 aliphatic rings. The van der Waals surface area contributed by atoms with E-state index in [1.54, 1.807) is 26.4 Å². The highest BCUT2D eigenvalue weighted by molar-refractivity contribution is 5.39. The van der Waals surface area contributed by atoms with E-state index in [1.807, 2.05) is 6.07 Å². The van der Waals surface area contributed by atoms with Crippen LogP contribution in [0.2, 0.25) is 0 Å². The zero-order valence-corrected chi connectivity index (χ0v) is 13.1. The SMILES string of the molecule is CCC(CC)N(CCOC)Cc1cc(OC)ccc1O. The van der Waals surface area contributed by atoms with Gasteiger partial charge in [0.2, 0.25) is 0 Å². The number of benzene rings is 1. The van der Waals surface area contributed by atoms with E-state index in [9.17, 15) is 5.11 Å². The molecule has 4 heteroatoms. The minimum atomic E-state index is 0.319. The summed E-state index contributed by atoms with van der Waals surface area (Å²) in [5, 5.41) is 10.0. The van der Waals surface area contributed by atoms with Crippen LogP contribution in [0, 0.1) is 0 Å². The van der Waals surface area contributed by atoms with Crippen molar-refractivity contribution >= 4 is 0 Å². The minimum absolute atomic E-state index is 0.319. The number of hydrogen-bond donors (Lipinski definition) is 1. The molecule has 0 heterocycles. The number of nitrogens with zero attached hydrogens (tertiary/aromatic N) is 1. The molecule has 0 aliphatic heterocycles. The smallest absolute Gasteiger partial charge is 0.120 e. The molecule has 1 aromatic rings. The molecule has 0 amide bonds. The standard InChI is InChI=1S/C16H27NO3/c1-5-14(6-2)17(9-10-19-3)12-13-11-15(20-4)7-8-16(13)18/h7-8,11,14,18H,5-6,9-10,12H2,1-4H3. The third-order valence-electron chi connectivity index (χ3n) is 3.70. The Morgan fingerprint density at radius 3 is 2.45 bits per heavy atom. The first-order valence-corrected chi connectivity index (χ1v) is 7.25. The lowest BCUT2D eigenvalue weighted by Crippen LogP contribution is -2.36. The molecule has 0 saturated carbocycles. The largest absolute Gasteiger partial charge is 0.508 e. The average Bonchev–Trinajstić information content (AvgIpc) is 2.47. The van der Waals surface area contributed by atoms with Crippen molar-refractivity contribution in [1.29, 1.82) is 0 Å². The maximum Gasteiger partial charge on any atom is 0.120 e. The van der Waals surface area contributed by atoms with E-state index in [0.717, 1.165) is 30.7 Å². The van der Waals surface area contributed by atoms with Gasteiger partial charge in [-0.1, -0.05) is 13.8 Å². The van der Waals surface area contributed by atoms with Crippen molar-refractivity contribution in [3.63, 3.8) is 0 Å². The highest BCUT2D eigenvalue weighted by Crippen LogP contribution is 2.25. The summed E-state index contributed by atoms with van der Waals surface area (Å²) >= 11 is 0. The zero-order chi connectivity index (χ0) is 15.0. The number of phenolic OH excluding ortho intramolecular Hbond substituents is 1. The lowest BCUT2D eigenvalue weighted by molar-refractivity contribution is 0.109. The first-order valence-electron chi connectivity index (χ1n) is 7.25. The molecule has 1 N–H and O–H groups in total. The van der Waals surface area contributed by atoms with Crippen molar-refractivity contribution in [2.45, 2.75) is 39.3 Å². The molecular formula is C16H27NO3. The number of aromatic hydroxyl groups is 1. The van der Waals surface area contributed by atoms with E-state index in [4.69, 9.17) is 9.47 Å². The second-order valence-corrected chi connectivity index (χ2v) is 4.93. The fourth-order valence-corrected chi connectivity index (χ4v) is 2.44. The van der Waals surface area contributed by atoms with Crippen molar-refractivity contribution in [1.82, 2.24) is 4.90 Å². The molecule has 0 bridgehead atoms. The predicted octanol–water partition coefficient (Wildman–Crippen LogP) is 3.04. The topological polar surface area (TPSA) is 41.9 Å². The Hall–Kier alpha value is -1.26. The van der Waals surface area contributed by atoms with Crippen LogP contribution in [0.1, 0.15) is 32.3 Å². The van der Waals surface area contributed by atoms with Crippen LogP contribution in [0.5, 0.6) is 11.5 Å². The summed E-state index contributed by atoms with van der Waals surface area (Å²) in [5.74, 6) is 1.09. The summed E-state index contributed by atoms with van der Waals surface area (Å²) in [5.41, 5.74) is 0.896. The molecule has 0 spiro atoms. The maximum atomic E-state index is 10.0. The van der Waals surface area contributed by atoms with Gasteiger partial charge in [-0.25, -0.2) is 0 Å². The number of methoxy groups -OCH3 is 2. The van der Waals surface area contributed by atoms with Gasteiger partial charge in [0.15, 0.2) is 0 Å². The van der Waals surface area contributed by atoms with E-state index in [-0.39, 0.29) is 0 Å². The predicted molar refractivity (Wildman–Crippen MR) is 81.3 cm³/mol. The maximum absolute atomic E-state index is 10.0. The molecule has 0 radical (unpaired) electrons. The van der Waals surface area contributed by atoms with E-state index in [1.165, 1.54) is 0 Å². The van der Waals surface area contributed by atoms with E-state index in [0.29, 0.717) is 24.9 Å². The summed E-state index contributed by atoms with van der Waals surface area (Å²) in [6.45, 7) is 6.65. The van der Waals surface area contributed by atoms with Crippen LogP contribution in [-0.4, -0.2) is 43.4 Å². The van der Waals surface area contributed by atoms with Gasteiger partial charge in [0.1, 0.15) is 11.5 Å². The van der Waals surface area contributed by atoms with Gasteiger partial charge >= 0.3 is 0 Å². The lowest BCUT2D eigenvalue weighted by Gasteiger charge is -2.30. The second kappa shape index (κ2) is 8.82. The summed E-state index contributed by atoms with van der Waals surface area (Å²) in [6.07, 6.45) is 2.18. The van der Waals surface area contributed by atoms with Crippen LogP contribution in [-0.2, 0) is 11.3 Å². The van der Waals surface area contributed by atoms with Crippen LogP contribution in [0.25, 0.3) is 0 Å². The van der Waals surface area contributed by atoms with E-state index >= 15 is 0 Å². The molecular weight excluding hydrogens is 254 g/mol. The normalized spacial score (nSPS) is 11.3. The molecule has 4 nitrogen and oxygen atoms in total. The molecule has 1 aromatic carbocycles. The Kier molecular flexibility index (Phi) is 7.41. The Bertz CT molecular complexity index is 391.